The maximum Gasteiger partial charge on any atom is 0.335 e. The van der Waals surface area contributed by atoms with Crippen LogP contribution in [0.1, 0.15) is 40.7 Å². The van der Waals surface area contributed by atoms with E-state index >= 15 is 0 Å². The first-order valence-corrected chi connectivity index (χ1v) is 9.01. The van der Waals surface area contributed by atoms with Crippen LogP contribution in [0.2, 0.25) is 0 Å². The quantitative estimate of drug-likeness (QED) is 0.838. The predicted molar refractivity (Wildman–Crippen MR) is 99.7 cm³/mol. The van der Waals surface area contributed by atoms with Crippen LogP contribution in [0.3, 0.4) is 0 Å². The van der Waals surface area contributed by atoms with Crippen molar-refractivity contribution in [1.29, 1.82) is 0 Å². The molecule has 1 aliphatic heterocycles. The molecule has 1 amide bonds. The van der Waals surface area contributed by atoms with E-state index < -0.39 is 5.97 Å². The Morgan fingerprint density at radius 1 is 1.00 bits per heavy atom. The summed E-state index contributed by atoms with van der Waals surface area (Å²) in [6.45, 7) is 2.13. The van der Waals surface area contributed by atoms with Gasteiger partial charge in [-0.25, -0.2) is 4.79 Å². The molecule has 0 saturated carbocycles. The van der Waals surface area contributed by atoms with Crippen molar-refractivity contribution < 1.29 is 14.7 Å². The first-order valence-electron chi connectivity index (χ1n) is 9.01. The zero-order valence-electron chi connectivity index (χ0n) is 14.7. The Labute approximate surface area is 153 Å². The van der Waals surface area contributed by atoms with E-state index in [9.17, 15) is 9.59 Å². The van der Waals surface area contributed by atoms with Gasteiger partial charge in [-0.05, 0) is 42.6 Å². The van der Waals surface area contributed by atoms with Gasteiger partial charge in [-0.15, -0.1) is 0 Å². The number of hydrogen-bond donors (Lipinski definition) is 2. The number of aromatic carboxylic acids is 1. The standard InChI is InChI=1S/C21H24N2O3/c24-20(22-14-16-9-11-18(12-10-16)21(25)26)19-8-4-5-13-23(19)15-17-6-2-1-3-7-17/h1-3,6-7,9-12,19H,4-5,8,13-15H2,(H,22,24)(H,25,26). The predicted octanol–water partition coefficient (Wildman–Crippen LogP) is 3.06. The van der Waals surface area contributed by atoms with Gasteiger partial charge in [0.15, 0.2) is 0 Å². The molecule has 0 aromatic heterocycles. The van der Waals surface area contributed by atoms with Gasteiger partial charge in [0, 0.05) is 13.1 Å². The van der Waals surface area contributed by atoms with E-state index in [1.807, 2.05) is 18.2 Å². The second-order valence-electron chi connectivity index (χ2n) is 6.69. The molecule has 0 bridgehead atoms. The summed E-state index contributed by atoms with van der Waals surface area (Å²) >= 11 is 0. The molecule has 5 heteroatoms. The van der Waals surface area contributed by atoms with Crippen molar-refractivity contribution in [3.63, 3.8) is 0 Å². The number of nitrogens with zero attached hydrogens (tertiary/aromatic N) is 1. The normalized spacial score (nSPS) is 17.6. The molecule has 3 rings (SSSR count). The van der Waals surface area contributed by atoms with E-state index in [0.717, 1.165) is 37.9 Å². The fraction of sp³-hybridized carbons (Fsp3) is 0.333. The zero-order valence-corrected chi connectivity index (χ0v) is 14.7. The zero-order chi connectivity index (χ0) is 18.4. The molecule has 1 saturated heterocycles. The minimum Gasteiger partial charge on any atom is -0.478 e. The van der Waals surface area contributed by atoms with Gasteiger partial charge >= 0.3 is 5.97 Å². The summed E-state index contributed by atoms with van der Waals surface area (Å²) < 4.78 is 0. The lowest BCUT2D eigenvalue weighted by atomic mass is 10.00. The number of carbonyl (C=O) groups is 2. The molecule has 1 aliphatic rings. The van der Waals surface area contributed by atoms with Crippen LogP contribution >= 0.6 is 0 Å². The highest BCUT2D eigenvalue weighted by molar-refractivity contribution is 5.87. The van der Waals surface area contributed by atoms with E-state index in [0.29, 0.717) is 6.54 Å². The second-order valence-corrected chi connectivity index (χ2v) is 6.69. The maximum atomic E-state index is 12.7. The number of amides is 1. The highest BCUT2D eigenvalue weighted by Gasteiger charge is 2.28. The van der Waals surface area contributed by atoms with E-state index in [-0.39, 0.29) is 17.5 Å². The minimum absolute atomic E-state index is 0.0444. The molecular weight excluding hydrogens is 328 g/mol. The number of benzene rings is 2. The Balaban J connectivity index is 1.58. The average Bonchev–Trinajstić information content (AvgIpc) is 2.67. The number of piperidine rings is 1. The number of hydrogen-bond acceptors (Lipinski definition) is 3. The van der Waals surface area contributed by atoms with Gasteiger partial charge < -0.3 is 10.4 Å². The monoisotopic (exact) mass is 352 g/mol. The molecule has 1 atom stereocenters. The summed E-state index contributed by atoms with van der Waals surface area (Å²) in [6, 6.07) is 16.7. The molecule has 2 N–H and O–H groups in total. The number of carboxylic acid groups (broad SMARTS) is 1. The fourth-order valence-corrected chi connectivity index (χ4v) is 3.37. The summed E-state index contributed by atoms with van der Waals surface area (Å²) in [6.07, 6.45) is 3.06. The van der Waals surface area contributed by atoms with Crippen LogP contribution < -0.4 is 5.32 Å². The maximum absolute atomic E-state index is 12.7. The topological polar surface area (TPSA) is 69.6 Å². The summed E-state index contributed by atoms with van der Waals surface area (Å²) in [7, 11) is 0. The summed E-state index contributed by atoms with van der Waals surface area (Å²) in [5.41, 5.74) is 2.37. The average molecular weight is 352 g/mol. The van der Waals surface area contributed by atoms with Crippen LogP contribution in [-0.2, 0) is 17.9 Å². The molecule has 136 valence electrons. The van der Waals surface area contributed by atoms with Crippen LogP contribution in [0.5, 0.6) is 0 Å². The first-order chi connectivity index (χ1) is 12.6. The van der Waals surface area contributed by atoms with Crippen LogP contribution in [-0.4, -0.2) is 34.5 Å². The van der Waals surface area contributed by atoms with Crippen molar-refractivity contribution in [1.82, 2.24) is 10.2 Å². The Bertz CT molecular complexity index is 744. The van der Waals surface area contributed by atoms with Gasteiger partial charge in [0.1, 0.15) is 0 Å². The third kappa shape index (κ3) is 4.70. The van der Waals surface area contributed by atoms with Crippen molar-refractivity contribution >= 4 is 11.9 Å². The van der Waals surface area contributed by atoms with Crippen molar-refractivity contribution in [2.24, 2.45) is 0 Å². The molecule has 2 aromatic rings. The van der Waals surface area contributed by atoms with Crippen molar-refractivity contribution in [2.75, 3.05) is 6.54 Å². The van der Waals surface area contributed by atoms with E-state index in [1.165, 1.54) is 5.56 Å². The number of rotatable bonds is 6. The molecule has 1 heterocycles. The van der Waals surface area contributed by atoms with Gasteiger partial charge in [0.25, 0.3) is 0 Å². The fourth-order valence-electron chi connectivity index (χ4n) is 3.37. The van der Waals surface area contributed by atoms with E-state index in [1.54, 1.807) is 24.3 Å². The van der Waals surface area contributed by atoms with E-state index in [2.05, 4.69) is 22.3 Å². The molecular formula is C21H24N2O3. The highest BCUT2D eigenvalue weighted by atomic mass is 16.4. The number of carbonyl (C=O) groups excluding carboxylic acids is 1. The van der Waals surface area contributed by atoms with Crippen molar-refractivity contribution in [3.8, 4) is 0 Å². The third-order valence-electron chi connectivity index (χ3n) is 4.81. The van der Waals surface area contributed by atoms with Gasteiger partial charge in [0.05, 0.1) is 11.6 Å². The van der Waals surface area contributed by atoms with Gasteiger partial charge in [0.2, 0.25) is 5.91 Å². The first kappa shape index (κ1) is 18.1. The summed E-state index contributed by atoms with van der Waals surface area (Å²) in [5.74, 6) is -0.901. The van der Waals surface area contributed by atoms with Crippen molar-refractivity contribution in [2.45, 2.75) is 38.4 Å². The SMILES string of the molecule is O=C(O)c1ccc(CNC(=O)C2CCCCN2Cc2ccccc2)cc1. The second kappa shape index (κ2) is 8.63. The number of likely N-dealkylation sites (tertiary alicyclic amines) is 1. The number of nitrogens with one attached hydrogen (secondary N) is 1. The molecule has 5 nitrogen and oxygen atoms in total. The van der Waals surface area contributed by atoms with Crippen LogP contribution in [0, 0.1) is 0 Å². The molecule has 2 aromatic carbocycles. The van der Waals surface area contributed by atoms with Crippen LogP contribution in [0.25, 0.3) is 0 Å². The molecule has 0 spiro atoms. The van der Waals surface area contributed by atoms with Gasteiger partial charge in [-0.3, -0.25) is 9.69 Å². The van der Waals surface area contributed by atoms with Crippen LogP contribution in [0.4, 0.5) is 0 Å². The molecule has 0 radical (unpaired) electrons. The highest BCUT2D eigenvalue weighted by Crippen LogP contribution is 2.20. The Morgan fingerprint density at radius 3 is 2.42 bits per heavy atom. The number of carboxylic acids is 1. The van der Waals surface area contributed by atoms with E-state index in [4.69, 9.17) is 5.11 Å². The third-order valence-corrected chi connectivity index (χ3v) is 4.81. The molecule has 26 heavy (non-hydrogen) atoms. The molecule has 1 unspecified atom stereocenters. The smallest absolute Gasteiger partial charge is 0.335 e. The Kier molecular flexibility index (Phi) is 6.02. The molecule has 0 aliphatic carbocycles. The van der Waals surface area contributed by atoms with Crippen LogP contribution in [0.15, 0.2) is 54.6 Å². The Hall–Kier alpha value is -2.66. The minimum atomic E-state index is -0.945. The summed E-state index contributed by atoms with van der Waals surface area (Å²) in [4.78, 5) is 25.8. The van der Waals surface area contributed by atoms with Crippen molar-refractivity contribution in [3.05, 3.63) is 71.3 Å². The molecule has 1 fully saturated rings. The van der Waals surface area contributed by atoms with Gasteiger partial charge in [-0.1, -0.05) is 48.9 Å². The Morgan fingerprint density at radius 2 is 1.73 bits per heavy atom. The summed E-state index contributed by atoms with van der Waals surface area (Å²) in [5, 5.41) is 11.9. The lowest BCUT2D eigenvalue weighted by Gasteiger charge is -2.34. The van der Waals surface area contributed by atoms with Gasteiger partial charge in [-0.2, -0.15) is 0 Å². The lowest BCUT2D eigenvalue weighted by molar-refractivity contribution is -0.128. The lowest BCUT2D eigenvalue weighted by Crippen LogP contribution is -2.48. The largest absolute Gasteiger partial charge is 0.478 e.